The van der Waals surface area contributed by atoms with Crippen LogP contribution in [0.5, 0.6) is 0 Å². The fourth-order valence-electron chi connectivity index (χ4n) is 2.07. The zero-order chi connectivity index (χ0) is 11.5. The SMILES string of the molecule is CN1CCN(c2ccccc2Cl)CC1CO. The summed E-state index contributed by atoms with van der Waals surface area (Å²) in [5.41, 5.74) is 1.07. The number of piperazine rings is 1. The highest BCUT2D eigenvalue weighted by Crippen LogP contribution is 2.26. The number of hydrogen-bond donors (Lipinski definition) is 1. The van der Waals surface area contributed by atoms with Gasteiger partial charge in [-0.2, -0.15) is 0 Å². The molecule has 0 bridgehead atoms. The van der Waals surface area contributed by atoms with Gasteiger partial charge in [-0.05, 0) is 19.2 Å². The number of hydrogen-bond acceptors (Lipinski definition) is 3. The minimum Gasteiger partial charge on any atom is -0.395 e. The Morgan fingerprint density at radius 1 is 1.38 bits per heavy atom. The zero-order valence-corrected chi connectivity index (χ0v) is 10.2. The topological polar surface area (TPSA) is 26.7 Å². The van der Waals surface area contributed by atoms with E-state index in [0.29, 0.717) is 0 Å². The lowest BCUT2D eigenvalue weighted by molar-refractivity contribution is 0.135. The molecule has 1 aliphatic rings. The third kappa shape index (κ3) is 2.32. The molecule has 0 radical (unpaired) electrons. The molecule has 1 aliphatic heterocycles. The van der Waals surface area contributed by atoms with E-state index >= 15 is 0 Å². The molecule has 1 fully saturated rings. The van der Waals surface area contributed by atoms with E-state index in [1.165, 1.54) is 0 Å². The number of halogens is 1. The van der Waals surface area contributed by atoms with Gasteiger partial charge >= 0.3 is 0 Å². The molecule has 3 nitrogen and oxygen atoms in total. The maximum absolute atomic E-state index is 9.29. The number of aliphatic hydroxyl groups is 1. The maximum atomic E-state index is 9.29. The van der Waals surface area contributed by atoms with E-state index in [0.717, 1.165) is 30.3 Å². The van der Waals surface area contributed by atoms with Gasteiger partial charge in [-0.15, -0.1) is 0 Å². The first-order chi connectivity index (χ1) is 7.72. The second-order valence-electron chi connectivity index (χ2n) is 4.21. The molecule has 0 aliphatic carbocycles. The van der Waals surface area contributed by atoms with Gasteiger partial charge in [0.1, 0.15) is 0 Å². The van der Waals surface area contributed by atoms with Crippen molar-refractivity contribution in [2.24, 2.45) is 0 Å². The summed E-state index contributed by atoms with van der Waals surface area (Å²) >= 11 is 6.17. The van der Waals surface area contributed by atoms with Crippen LogP contribution in [0.4, 0.5) is 5.69 Å². The van der Waals surface area contributed by atoms with Crippen LogP contribution in [0.15, 0.2) is 24.3 Å². The molecule has 0 aromatic heterocycles. The summed E-state index contributed by atoms with van der Waals surface area (Å²) in [6.45, 7) is 2.93. The molecule has 1 atom stereocenters. The molecule has 1 saturated heterocycles. The normalized spacial score (nSPS) is 22.4. The molecule has 1 aromatic rings. The van der Waals surface area contributed by atoms with Crippen molar-refractivity contribution in [3.05, 3.63) is 29.3 Å². The Kier molecular flexibility index (Phi) is 3.69. The molecule has 0 amide bonds. The molecule has 16 heavy (non-hydrogen) atoms. The minimum atomic E-state index is 0.192. The summed E-state index contributed by atoms with van der Waals surface area (Å²) in [5.74, 6) is 0. The monoisotopic (exact) mass is 240 g/mol. The van der Waals surface area contributed by atoms with Crippen LogP contribution in [0.3, 0.4) is 0 Å². The Balaban J connectivity index is 2.14. The fraction of sp³-hybridized carbons (Fsp3) is 0.500. The second-order valence-corrected chi connectivity index (χ2v) is 4.62. The van der Waals surface area contributed by atoms with Gasteiger partial charge in [-0.1, -0.05) is 23.7 Å². The van der Waals surface area contributed by atoms with E-state index in [4.69, 9.17) is 11.6 Å². The van der Waals surface area contributed by atoms with Gasteiger partial charge < -0.3 is 10.0 Å². The van der Waals surface area contributed by atoms with Gasteiger partial charge in [0.2, 0.25) is 0 Å². The summed E-state index contributed by atoms with van der Waals surface area (Å²) in [6, 6.07) is 8.06. The smallest absolute Gasteiger partial charge is 0.0639 e. The number of rotatable bonds is 2. The third-order valence-corrected chi connectivity index (χ3v) is 3.50. The number of nitrogens with zero attached hydrogens (tertiary/aromatic N) is 2. The van der Waals surface area contributed by atoms with E-state index in [-0.39, 0.29) is 12.6 Å². The highest BCUT2D eigenvalue weighted by molar-refractivity contribution is 6.33. The molecule has 4 heteroatoms. The van der Waals surface area contributed by atoms with Gasteiger partial charge in [0, 0.05) is 19.6 Å². The second kappa shape index (κ2) is 5.04. The largest absolute Gasteiger partial charge is 0.395 e. The number of anilines is 1. The van der Waals surface area contributed by atoms with Crippen LogP contribution >= 0.6 is 11.6 Å². The fourth-order valence-corrected chi connectivity index (χ4v) is 2.33. The van der Waals surface area contributed by atoms with Crippen molar-refractivity contribution in [2.45, 2.75) is 6.04 Å². The Morgan fingerprint density at radius 2 is 2.12 bits per heavy atom. The van der Waals surface area contributed by atoms with Crippen LogP contribution in [-0.4, -0.2) is 49.3 Å². The number of para-hydroxylation sites is 1. The van der Waals surface area contributed by atoms with Crippen LogP contribution in [0.25, 0.3) is 0 Å². The lowest BCUT2D eigenvalue weighted by atomic mass is 10.1. The van der Waals surface area contributed by atoms with Crippen molar-refractivity contribution in [3.63, 3.8) is 0 Å². The molecule has 0 saturated carbocycles. The Morgan fingerprint density at radius 3 is 2.81 bits per heavy atom. The first-order valence-corrected chi connectivity index (χ1v) is 5.90. The maximum Gasteiger partial charge on any atom is 0.0639 e. The molecule has 1 aromatic carbocycles. The summed E-state index contributed by atoms with van der Waals surface area (Å²) in [4.78, 5) is 4.43. The Hall–Kier alpha value is -0.770. The molecule has 1 heterocycles. The van der Waals surface area contributed by atoms with E-state index in [1.54, 1.807) is 0 Å². The highest BCUT2D eigenvalue weighted by atomic mass is 35.5. The molecular weight excluding hydrogens is 224 g/mol. The van der Waals surface area contributed by atoms with Crippen molar-refractivity contribution in [2.75, 3.05) is 38.2 Å². The Labute approximate surface area is 101 Å². The van der Waals surface area contributed by atoms with E-state index in [2.05, 4.69) is 9.80 Å². The van der Waals surface area contributed by atoms with Crippen molar-refractivity contribution < 1.29 is 5.11 Å². The molecule has 1 N–H and O–H groups in total. The van der Waals surface area contributed by atoms with Crippen LogP contribution in [0.2, 0.25) is 5.02 Å². The lowest BCUT2D eigenvalue weighted by Crippen LogP contribution is -2.53. The van der Waals surface area contributed by atoms with Crippen LogP contribution in [0.1, 0.15) is 0 Å². The van der Waals surface area contributed by atoms with Gasteiger partial charge in [-0.3, -0.25) is 4.90 Å². The standard InChI is InChI=1S/C12H17ClN2O/c1-14-6-7-15(8-10(14)9-16)12-5-3-2-4-11(12)13/h2-5,10,16H,6-9H2,1H3. The summed E-state index contributed by atoms with van der Waals surface area (Å²) in [5, 5.41) is 10.1. The van der Waals surface area contributed by atoms with Crippen molar-refractivity contribution in [1.29, 1.82) is 0 Å². The van der Waals surface area contributed by atoms with Gasteiger partial charge in [0.25, 0.3) is 0 Å². The summed E-state index contributed by atoms with van der Waals surface area (Å²) < 4.78 is 0. The highest BCUT2D eigenvalue weighted by Gasteiger charge is 2.24. The lowest BCUT2D eigenvalue weighted by Gasteiger charge is -2.40. The molecular formula is C12H17ClN2O. The van der Waals surface area contributed by atoms with Crippen LogP contribution < -0.4 is 4.90 Å². The predicted molar refractivity (Wildman–Crippen MR) is 67.2 cm³/mol. The van der Waals surface area contributed by atoms with Gasteiger partial charge in [-0.25, -0.2) is 0 Å². The quantitative estimate of drug-likeness (QED) is 0.848. The van der Waals surface area contributed by atoms with E-state index in [1.807, 2.05) is 31.3 Å². The molecule has 0 spiro atoms. The van der Waals surface area contributed by atoms with Crippen LogP contribution in [0, 0.1) is 0 Å². The average molecular weight is 241 g/mol. The molecule has 1 unspecified atom stereocenters. The number of likely N-dealkylation sites (N-methyl/N-ethyl adjacent to an activating group) is 1. The first-order valence-electron chi connectivity index (χ1n) is 5.53. The van der Waals surface area contributed by atoms with Gasteiger partial charge in [0.05, 0.1) is 23.4 Å². The summed E-state index contributed by atoms with van der Waals surface area (Å²) in [6.07, 6.45) is 0. The van der Waals surface area contributed by atoms with Crippen molar-refractivity contribution in [1.82, 2.24) is 4.90 Å². The van der Waals surface area contributed by atoms with E-state index in [9.17, 15) is 5.11 Å². The van der Waals surface area contributed by atoms with Crippen molar-refractivity contribution >= 4 is 17.3 Å². The predicted octanol–water partition coefficient (Wildman–Crippen LogP) is 1.45. The van der Waals surface area contributed by atoms with Crippen LogP contribution in [-0.2, 0) is 0 Å². The van der Waals surface area contributed by atoms with Crippen molar-refractivity contribution in [3.8, 4) is 0 Å². The average Bonchev–Trinajstić information content (AvgIpc) is 2.31. The number of benzene rings is 1. The Bertz CT molecular complexity index is 359. The minimum absolute atomic E-state index is 0.192. The molecule has 2 rings (SSSR count). The van der Waals surface area contributed by atoms with E-state index < -0.39 is 0 Å². The molecule has 88 valence electrons. The third-order valence-electron chi connectivity index (χ3n) is 3.18. The summed E-state index contributed by atoms with van der Waals surface area (Å²) in [7, 11) is 2.05. The first kappa shape index (κ1) is 11.7. The number of aliphatic hydroxyl groups excluding tert-OH is 1. The zero-order valence-electron chi connectivity index (χ0n) is 9.43. The van der Waals surface area contributed by atoms with Gasteiger partial charge in [0.15, 0.2) is 0 Å².